The van der Waals surface area contributed by atoms with Gasteiger partial charge in [0.05, 0.1) is 10.4 Å². The van der Waals surface area contributed by atoms with E-state index in [1.165, 1.54) is 6.26 Å². The minimum Gasteiger partial charge on any atom is -0.399 e. The maximum Gasteiger partial charge on any atom is 0.175 e. The lowest BCUT2D eigenvalue weighted by atomic mass is 10.00. The maximum absolute atomic E-state index is 11.7. The Morgan fingerprint density at radius 3 is 2.19 bits per heavy atom. The Labute approximate surface area is 151 Å². The van der Waals surface area contributed by atoms with E-state index in [-0.39, 0.29) is 0 Å². The molecule has 5 nitrogen and oxygen atoms in total. The van der Waals surface area contributed by atoms with Crippen LogP contribution in [0.25, 0.3) is 27.9 Å². The summed E-state index contributed by atoms with van der Waals surface area (Å²) in [6.07, 6.45) is 3.10. The van der Waals surface area contributed by atoms with Crippen LogP contribution in [0.3, 0.4) is 0 Å². The van der Waals surface area contributed by atoms with Crippen molar-refractivity contribution in [2.24, 2.45) is 0 Å². The van der Waals surface area contributed by atoms with Gasteiger partial charge in [0, 0.05) is 29.3 Å². The number of fused-ring (bicyclic) bond motifs is 1. The molecule has 0 spiro atoms. The summed E-state index contributed by atoms with van der Waals surface area (Å²) in [5.41, 5.74) is 11.1. The summed E-state index contributed by atoms with van der Waals surface area (Å²) in [6.45, 7) is 0. The van der Waals surface area contributed by atoms with Crippen LogP contribution in [0.5, 0.6) is 0 Å². The van der Waals surface area contributed by atoms with Crippen molar-refractivity contribution in [3.63, 3.8) is 0 Å². The third-order valence-electron chi connectivity index (χ3n) is 4.30. The van der Waals surface area contributed by atoms with Gasteiger partial charge in [-0.2, -0.15) is 5.10 Å². The van der Waals surface area contributed by atoms with Crippen LogP contribution in [-0.2, 0) is 9.84 Å². The normalized spacial score (nSPS) is 11.7. The van der Waals surface area contributed by atoms with Gasteiger partial charge >= 0.3 is 0 Å². The van der Waals surface area contributed by atoms with Crippen molar-refractivity contribution in [2.75, 3.05) is 12.0 Å². The predicted molar refractivity (Wildman–Crippen MR) is 104 cm³/mol. The first kappa shape index (κ1) is 16.4. The molecule has 0 saturated heterocycles. The number of nitrogens with two attached hydrogens (primary N) is 1. The molecule has 4 aromatic rings. The van der Waals surface area contributed by atoms with Crippen LogP contribution < -0.4 is 5.73 Å². The number of nitrogens with zero attached hydrogens (tertiary/aromatic N) is 2. The highest BCUT2D eigenvalue weighted by Gasteiger charge is 2.17. The van der Waals surface area contributed by atoms with E-state index in [9.17, 15) is 8.42 Å². The van der Waals surface area contributed by atoms with E-state index >= 15 is 0 Å². The number of anilines is 1. The van der Waals surface area contributed by atoms with Gasteiger partial charge in [-0.3, -0.25) is 0 Å². The average molecular weight is 363 g/mol. The summed E-state index contributed by atoms with van der Waals surface area (Å²) < 4.78 is 25.3. The number of aromatic nitrogens is 2. The number of pyridine rings is 1. The standard InChI is InChI=1S/C20H17N3O2S/c1-26(24,25)17-11-7-14(8-12-17)19-18-4-2-3-13-23(18)22-20(19)15-5-9-16(21)10-6-15/h2-13H,21H2,1H3. The van der Waals surface area contributed by atoms with E-state index in [0.717, 1.165) is 27.9 Å². The highest BCUT2D eigenvalue weighted by molar-refractivity contribution is 7.90. The predicted octanol–water partition coefficient (Wildman–Crippen LogP) is 3.65. The molecule has 0 aliphatic carbocycles. The highest BCUT2D eigenvalue weighted by Crippen LogP contribution is 2.35. The van der Waals surface area contributed by atoms with E-state index in [1.807, 2.05) is 65.3 Å². The van der Waals surface area contributed by atoms with Gasteiger partial charge in [0.25, 0.3) is 0 Å². The molecular formula is C20H17N3O2S. The largest absolute Gasteiger partial charge is 0.399 e. The number of hydrogen-bond donors (Lipinski definition) is 1. The summed E-state index contributed by atoms with van der Waals surface area (Å²) >= 11 is 0. The molecule has 0 fully saturated rings. The highest BCUT2D eigenvalue weighted by atomic mass is 32.2. The van der Waals surface area contributed by atoms with Crippen molar-refractivity contribution in [1.82, 2.24) is 9.61 Å². The molecule has 26 heavy (non-hydrogen) atoms. The zero-order chi connectivity index (χ0) is 18.3. The molecule has 0 saturated carbocycles. The molecule has 2 N–H and O–H groups in total. The molecular weight excluding hydrogens is 346 g/mol. The molecule has 2 heterocycles. The lowest BCUT2D eigenvalue weighted by Gasteiger charge is -2.06. The third kappa shape index (κ3) is 2.84. The minimum atomic E-state index is -3.23. The van der Waals surface area contributed by atoms with Crippen molar-refractivity contribution in [3.05, 3.63) is 72.9 Å². The number of nitrogen functional groups attached to an aromatic ring is 1. The van der Waals surface area contributed by atoms with Crippen LogP contribution in [0.2, 0.25) is 0 Å². The van der Waals surface area contributed by atoms with Crippen LogP contribution in [0.4, 0.5) is 5.69 Å². The lowest BCUT2D eigenvalue weighted by molar-refractivity contribution is 0.602. The van der Waals surface area contributed by atoms with Gasteiger partial charge in [0.2, 0.25) is 0 Å². The molecule has 0 amide bonds. The molecule has 2 aromatic carbocycles. The summed E-state index contributed by atoms with van der Waals surface area (Å²) in [4.78, 5) is 0.298. The monoisotopic (exact) mass is 363 g/mol. The van der Waals surface area contributed by atoms with Crippen LogP contribution in [0.15, 0.2) is 77.8 Å². The number of hydrogen-bond acceptors (Lipinski definition) is 4. The van der Waals surface area contributed by atoms with Crippen LogP contribution in [-0.4, -0.2) is 24.3 Å². The second-order valence-corrected chi connectivity index (χ2v) is 8.19. The number of benzene rings is 2. The van der Waals surface area contributed by atoms with E-state index < -0.39 is 9.84 Å². The molecule has 6 heteroatoms. The molecule has 0 bridgehead atoms. The van der Waals surface area contributed by atoms with Gasteiger partial charge in [0.1, 0.15) is 5.69 Å². The summed E-state index contributed by atoms with van der Waals surface area (Å²) in [7, 11) is -3.23. The van der Waals surface area contributed by atoms with E-state index in [4.69, 9.17) is 10.8 Å². The molecule has 0 aliphatic rings. The maximum atomic E-state index is 11.7. The van der Waals surface area contributed by atoms with Crippen molar-refractivity contribution in [1.29, 1.82) is 0 Å². The Bertz CT molecular complexity index is 1190. The molecule has 130 valence electrons. The van der Waals surface area contributed by atoms with Crippen LogP contribution >= 0.6 is 0 Å². The first-order valence-corrected chi connectivity index (χ1v) is 9.96. The average Bonchev–Trinajstić information content (AvgIpc) is 3.01. The first-order valence-electron chi connectivity index (χ1n) is 8.07. The van der Waals surface area contributed by atoms with Gasteiger partial charge in [-0.25, -0.2) is 12.9 Å². The second-order valence-electron chi connectivity index (χ2n) is 6.17. The molecule has 0 unspecified atom stereocenters. The zero-order valence-electron chi connectivity index (χ0n) is 14.1. The summed E-state index contributed by atoms with van der Waals surface area (Å²) in [5.74, 6) is 0. The van der Waals surface area contributed by atoms with Gasteiger partial charge in [-0.05, 0) is 42.0 Å². The van der Waals surface area contributed by atoms with Gasteiger partial charge in [-0.15, -0.1) is 0 Å². The van der Waals surface area contributed by atoms with E-state index in [2.05, 4.69) is 0 Å². The number of rotatable bonds is 3. The number of sulfone groups is 1. The fraction of sp³-hybridized carbons (Fsp3) is 0.0500. The Kier molecular flexibility index (Phi) is 3.77. The second kappa shape index (κ2) is 6.00. The molecule has 0 radical (unpaired) electrons. The summed E-state index contributed by atoms with van der Waals surface area (Å²) in [5, 5.41) is 4.72. The minimum absolute atomic E-state index is 0.298. The zero-order valence-corrected chi connectivity index (χ0v) is 14.9. The molecule has 2 aromatic heterocycles. The molecule has 0 aliphatic heterocycles. The first-order chi connectivity index (χ1) is 12.4. The van der Waals surface area contributed by atoms with Gasteiger partial charge in [-0.1, -0.05) is 30.3 Å². The van der Waals surface area contributed by atoms with Gasteiger partial charge < -0.3 is 5.73 Å². The smallest absolute Gasteiger partial charge is 0.175 e. The molecule has 4 rings (SSSR count). The van der Waals surface area contributed by atoms with Gasteiger partial charge in [0.15, 0.2) is 9.84 Å². The Morgan fingerprint density at radius 2 is 1.54 bits per heavy atom. The van der Waals surface area contributed by atoms with E-state index in [0.29, 0.717) is 10.6 Å². The van der Waals surface area contributed by atoms with E-state index in [1.54, 1.807) is 12.1 Å². The Hall–Kier alpha value is -3.12. The third-order valence-corrected chi connectivity index (χ3v) is 5.42. The van der Waals surface area contributed by atoms with Crippen molar-refractivity contribution < 1.29 is 8.42 Å². The SMILES string of the molecule is CS(=O)(=O)c1ccc(-c2c(-c3ccc(N)cc3)nn3ccccc23)cc1. The Morgan fingerprint density at radius 1 is 0.885 bits per heavy atom. The van der Waals surface area contributed by atoms with Crippen LogP contribution in [0, 0.1) is 0 Å². The fourth-order valence-electron chi connectivity index (χ4n) is 3.00. The summed E-state index contributed by atoms with van der Waals surface area (Å²) in [6, 6.07) is 20.3. The quantitative estimate of drug-likeness (QED) is 0.564. The topological polar surface area (TPSA) is 77.5 Å². The van der Waals surface area contributed by atoms with Crippen molar-refractivity contribution in [2.45, 2.75) is 4.90 Å². The van der Waals surface area contributed by atoms with Crippen LogP contribution in [0.1, 0.15) is 0 Å². The van der Waals surface area contributed by atoms with Crippen molar-refractivity contribution in [3.8, 4) is 22.4 Å². The van der Waals surface area contributed by atoms with Crippen molar-refractivity contribution >= 4 is 21.0 Å². The fourth-order valence-corrected chi connectivity index (χ4v) is 3.63. The molecule has 0 atom stereocenters. The lowest BCUT2D eigenvalue weighted by Crippen LogP contribution is -1.96. The Balaban J connectivity index is 1.96.